The van der Waals surface area contributed by atoms with Crippen LogP contribution in [0, 0.1) is 5.92 Å². The summed E-state index contributed by atoms with van der Waals surface area (Å²) in [7, 11) is 1.60. The van der Waals surface area contributed by atoms with Crippen LogP contribution in [0.15, 0.2) is 36.5 Å². The number of hydrogen-bond donors (Lipinski definition) is 1. The molecule has 0 aliphatic carbocycles. The highest BCUT2D eigenvalue weighted by molar-refractivity contribution is 6.30. The quantitative estimate of drug-likeness (QED) is 0.863. The largest absolute Gasteiger partial charge is 0.497 e. The lowest BCUT2D eigenvalue weighted by Crippen LogP contribution is -2.40. The van der Waals surface area contributed by atoms with E-state index >= 15 is 0 Å². The van der Waals surface area contributed by atoms with E-state index in [1.54, 1.807) is 48.5 Å². The molecule has 3 rings (SSSR count). The van der Waals surface area contributed by atoms with Gasteiger partial charge in [-0.1, -0.05) is 11.6 Å². The van der Waals surface area contributed by atoms with E-state index in [-0.39, 0.29) is 17.6 Å². The first kappa shape index (κ1) is 16.6. The Bertz CT molecular complexity index is 731. The van der Waals surface area contributed by atoms with E-state index in [4.69, 9.17) is 16.3 Å². The van der Waals surface area contributed by atoms with Crippen LogP contribution in [0.25, 0.3) is 0 Å². The Kier molecular flexibility index (Phi) is 4.90. The van der Waals surface area contributed by atoms with Crippen molar-refractivity contribution in [1.29, 1.82) is 0 Å². The number of methoxy groups -OCH3 is 1. The van der Waals surface area contributed by atoms with Gasteiger partial charge < -0.3 is 14.6 Å². The number of likely N-dealkylation sites (tertiary alicyclic amines) is 1. The number of Topliss-reactive ketones (excluding diaryl/α,β-unsaturated/α-hetero) is 1. The van der Waals surface area contributed by atoms with Crippen LogP contribution in [-0.2, 0) is 0 Å². The van der Waals surface area contributed by atoms with Crippen LogP contribution in [0.1, 0.15) is 33.7 Å². The number of rotatable bonds is 4. The van der Waals surface area contributed by atoms with Crippen LogP contribution in [0.3, 0.4) is 0 Å². The summed E-state index contributed by atoms with van der Waals surface area (Å²) < 4.78 is 5.11. The third-order valence-corrected chi connectivity index (χ3v) is 4.62. The van der Waals surface area contributed by atoms with Gasteiger partial charge >= 0.3 is 0 Å². The van der Waals surface area contributed by atoms with E-state index in [2.05, 4.69) is 4.98 Å². The maximum Gasteiger partial charge on any atom is 0.270 e. The molecule has 1 aromatic heterocycles. The van der Waals surface area contributed by atoms with Crippen molar-refractivity contribution in [3.8, 4) is 5.75 Å². The summed E-state index contributed by atoms with van der Waals surface area (Å²) in [5.41, 5.74) is 1.18. The standard InChI is InChI=1S/C18H19ClN2O3/c1-24-15-4-2-12(3-5-15)17(22)13-6-8-21(9-7-13)18(23)16-10-14(19)11-20-16/h2-5,10-11,13,20H,6-9H2,1H3. The van der Waals surface area contributed by atoms with Crippen molar-refractivity contribution in [2.45, 2.75) is 12.8 Å². The maximum absolute atomic E-state index is 12.6. The van der Waals surface area contributed by atoms with Gasteiger partial charge in [0, 0.05) is 30.8 Å². The monoisotopic (exact) mass is 346 g/mol. The minimum atomic E-state index is -0.0720. The Balaban J connectivity index is 1.59. The van der Waals surface area contributed by atoms with Gasteiger partial charge in [-0.05, 0) is 43.2 Å². The average molecular weight is 347 g/mol. The summed E-state index contributed by atoms with van der Waals surface area (Å²) in [4.78, 5) is 29.6. The second-order valence-corrected chi connectivity index (χ2v) is 6.33. The molecule has 0 unspecified atom stereocenters. The predicted molar refractivity (Wildman–Crippen MR) is 91.8 cm³/mol. The zero-order chi connectivity index (χ0) is 17.1. The molecule has 2 aromatic rings. The van der Waals surface area contributed by atoms with Gasteiger partial charge in [-0.2, -0.15) is 0 Å². The van der Waals surface area contributed by atoms with Gasteiger partial charge in [0.15, 0.2) is 5.78 Å². The molecule has 1 aromatic carbocycles. The Hall–Kier alpha value is -2.27. The van der Waals surface area contributed by atoms with Gasteiger partial charge in [-0.3, -0.25) is 9.59 Å². The number of benzene rings is 1. The number of hydrogen-bond acceptors (Lipinski definition) is 3. The van der Waals surface area contributed by atoms with E-state index in [9.17, 15) is 9.59 Å². The molecule has 0 atom stereocenters. The van der Waals surface area contributed by atoms with Gasteiger partial charge in [0.1, 0.15) is 11.4 Å². The number of nitrogens with one attached hydrogen (secondary N) is 1. The number of ether oxygens (including phenoxy) is 1. The molecule has 1 fully saturated rings. The molecule has 0 spiro atoms. The van der Waals surface area contributed by atoms with E-state index in [0.717, 1.165) is 5.75 Å². The Morgan fingerprint density at radius 3 is 2.42 bits per heavy atom. The number of aromatic amines is 1. The number of amides is 1. The fourth-order valence-electron chi connectivity index (χ4n) is 3.00. The van der Waals surface area contributed by atoms with Crippen LogP contribution < -0.4 is 4.74 Å². The van der Waals surface area contributed by atoms with Gasteiger partial charge in [0.2, 0.25) is 0 Å². The molecule has 0 radical (unpaired) electrons. The first-order valence-corrected chi connectivity index (χ1v) is 8.27. The highest BCUT2D eigenvalue weighted by Gasteiger charge is 2.28. The van der Waals surface area contributed by atoms with Crippen molar-refractivity contribution >= 4 is 23.3 Å². The molecule has 5 nitrogen and oxygen atoms in total. The zero-order valence-electron chi connectivity index (χ0n) is 13.4. The van der Waals surface area contributed by atoms with Gasteiger partial charge in [-0.25, -0.2) is 0 Å². The number of carbonyl (C=O) groups excluding carboxylic acids is 2. The number of piperidine rings is 1. The normalized spacial score (nSPS) is 15.3. The highest BCUT2D eigenvalue weighted by atomic mass is 35.5. The lowest BCUT2D eigenvalue weighted by molar-refractivity contribution is 0.0646. The van der Waals surface area contributed by atoms with Crippen molar-refractivity contribution in [2.24, 2.45) is 5.92 Å². The van der Waals surface area contributed by atoms with Crippen LogP contribution in [0.5, 0.6) is 5.75 Å². The highest BCUT2D eigenvalue weighted by Crippen LogP contribution is 2.24. The van der Waals surface area contributed by atoms with Crippen LogP contribution in [0.2, 0.25) is 5.02 Å². The van der Waals surface area contributed by atoms with Crippen LogP contribution in [0.4, 0.5) is 0 Å². The molecule has 2 heterocycles. The number of H-pyrrole nitrogens is 1. The van der Waals surface area contributed by atoms with Crippen LogP contribution in [-0.4, -0.2) is 41.8 Å². The van der Waals surface area contributed by atoms with Crippen molar-refractivity contribution in [3.05, 3.63) is 52.8 Å². The van der Waals surface area contributed by atoms with Gasteiger partial charge in [0.05, 0.1) is 12.1 Å². The molecular weight excluding hydrogens is 328 g/mol. The lowest BCUT2D eigenvalue weighted by atomic mass is 9.89. The van der Waals surface area contributed by atoms with E-state index < -0.39 is 0 Å². The second-order valence-electron chi connectivity index (χ2n) is 5.89. The smallest absolute Gasteiger partial charge is 0.270 e. The van der Waals surface area contributed by atoms with E-state index in [0.29, 0.717) is 42.2 Å². The van der Waals surface area contributed by atoms with E-state index in [1.165, 1.54) is 0 Å². The Morgan fingerprint density at radius 1 is 1.21 bits per heavy atom. The number of aromatic nitrogens is 1. The van der Waals surface area contributed by atoms with Gasteiger partial charge in [0.25, 0.3) is 5.91 Å². The number of carbonyl (C=O) groups is 2. The Labute approximate surface area is 145 Å². The first-order valence-electron chi connectivity index (χ1n) is 7.90. The lowest BCUT2D eigenvalue weighted by Gasteiger charge is -2.31. The number of nitrogens with zero attached hydrogens (tertiary/aromatic N) is 1. The summed E-state index contributed by atoms with van der Waals surface area (Å²) in [5.74, 6) is 0.746. The molecular formula is C18H19ClN2O3. The minimum absolute atomic E-state index is 0.0466. The molecule has 6 heteroatoms. The summed E-state index contributed by atoms with van der Waals surface area (Å²) in [6.45, 7) is 1.14. The van der Waals surface area contributed by atoms with Crippen LogP contribution >= 0.6 is 11.6 Å². The molecule has 1 saturated heterocycles. The molecule has 126 valence electrons. The third kappa shape index (κ3) is 3.46. The maximum atomic E-state index is 12.6. The Morgan fingerprint density at radius 2 is 1.88 bits per heavy atom. The summed E-state index contributed by atoms with van der Waals surface area (Å²) in [6.07, 6.45) is 2.94. The number of halogens is 1. The topological polar surface area (TPSA) is 62.4 Å². The van der Waals surface area contributed by atoms with Gasteiger partial charge in [-0.15, -0.1) is 0 Å². The average Bonchev–Trinajstić information content (AvgIpc) is 3.07. The summed E-state index contributed by atoms with van der Waals surface area (Å²) in [5, 5.41) is 0.517. The predicted octanol–water partition coefficient (Wildman–Crippen LogP) is 3.41. The molecule has 24 heavy (non-hydrogen) atoms. The first-order chi connectivity index (χ1) is 11.6. The molecule has 1 amide bonds. The summed E-state index contributed by atoms with van der Waals surface area (Å²) >= 11 is 5.84. The molecule has 1 aliphatic rings. The van der Waals surface area contributed by atoms with Crippen molar-refractivity contribution in [1.82, 2.24) is 9.88 Å². The fourth-order valence-corrected chi connectivity index (χ4v) is 3.16. The fraction of sp³-hybridized carbons (Fsp3) is 0.333. The second kappa shape index (κ2) is 7.09. The van der Waals surface area contributed by atoms with Crippen molar-refractivity contribution in [2.75, 3.05) is 20.2 Å². The zero-order valence-corrected chi connectivity index (χ0v) is 14.2. The van der Waals surface area contributed by atoms with Crippen molar-refractivity contribution < 1.29 is 14.3 Å². The molecule has 1 aliphatic heterocycles. The van der Waals surface area contributed by atoms with Crippen molar-refractivity contribution in [3.63, 3.8) is 0 Å². The number of ketones is 1. The molecule has 0 bridgehead atoms. The van der Waals surface area contributed by atoms with E-state index in [1.807, 2.05) is 0 Å². The third-order valence-electron chi connectivity index (χ3n) is 4.41. The SMILES string of the molecule is COc1ccc(C(=O)C2CCN(C(=O)c3cc(Cl)c[nH]3)CC2)cc1. The molecule has 1 N–H and O–H groups in total. The minimum Gasteiger partial charge on any atom is -0.497 e. The summed E-state index contributed by atoms with van der Waals surface area (Å²) in [6, 6.07) is 8.79. The molecule has 0 saturated carbocycles.